The van der Waals surface area contributed by atoms with Gasteiger partial charge in [0.05, 0.1) is 11.6 Å². The minimum absolute atomic E-state index is 0.257. The molecule has 0 spiro atoms. The lowest BCUT2D eigenvalue weighted by Gasteiger charge is -2.40. The fourth-order valence-corrected chi connectivity index (χ4v) is 2.44. The van der Waals surface area contributed by atoms with Gasteiger partial charge in [-0.2, -0.15) is 0 Å². The van der Waals surface area contributed by atoms with Crippen LogP contribution in [0.2, 0.25) is 0 Å². The highest BCUT2D eigenvalue weighted by Crippen LogP contribution is 2.25. The lowest BCUT2D eigenvalue weighted by Crippen LogP contribution is -2.50. The first-order valence-corrected chi connectivity index (χ1v) is 6.37. The summed E-state index contributed by atoms with van der Waals surface area (Å²) in [4.78, 5) is 21.7. The summed E-state index contributed by atoms with van der Waals surface area (Å²) in [6.45, 7) is 4.19. The summed E-state index contributed by atoms with van der Waals surface area (Å²) in [6.07, 6.45) is 5.61. The summed E-state index contributed by atoms with van der Waals surface area (Å²) in [5.41, 5.74) is 0.972. The van der Waals surface area contributed by atoms with Gasteiger partial charge in [0.2, 0.25) is 5.78 Å². The average molecular weight is 260 g/mol. The van der Waals surface area contributed by atoms with Gasteiger partial charge in [0.1, 0.15) is 0 Å². The second-order valence-electron chi connectivity index (χ2n) is 5.14. The molecule has 0 radical (unpaired) electrons. The van der Waals surface area contributed by atoms with Crippen LogP contribution in [0.1, 0.15) is 12.6 Å². The molecule has 1 atom stereocenters. The van der Waals surface area contributed by atoms with Crippen molar-refractivity contribution in [3.63, 3.8) is 0 Å². The van der Waals surface area contributed by atoms with Crippen LogP contribution in [-0.2, 0) is 11.3 Å². The first kappa shape index (κ1) is 12.1. The lowest BCUT2D eigenvalue weighted by molar-refractivity contribution is -0.145. The van der Waals surface area contributed by atoms with Crippen molar-refractivity contribution in [2.45, 2.75) is 13.5 Å². The summed E-state index contributed by atoms with van der Waals surface area (Å²) >= 11 is 0. The Balaban J connectivity index is 1.60. The lowest BCUT2D eigenvalue weighted by atomic mass is 9.87. The molecule has 3 rings (SSSR count). The second-order valence-corrected chi connectivity index (χ2v) is 5.14. The van der Waals surface area contributed by atoms with Gasteiger partial charge in [0, 0.05) is 38.2 Å². The third-order valence-corrected chi connectivity index (χ3v) is 3.75. The molecule has 2 aromatic rings. The summed E-state index contributed by atoms with van der Waals surface area (Å²) < 4.78 is 1.90. The molecule has 0 aromatic carbocycles. The highest BCUT2D eigenvalue weighted by Gasteiger charge is 2.34. The van der Waals surface area contributed by atoms with E-state index in [0.29, 0.717) is 5.78 Å². The molecule has 19 heavy (non-hydrogen) atoms. The number of carboxylic acids is 1. The average Bonchev–Trinajstić information content (AvgIpc) is 2.74. The smallest absolute Gasteiger partial charge is 0.306 e. The molecule has 1 saturated heterocycles. The van der Waals surface area contributed by atoms with E-state index in [2.05, 4.69) is 14.9 Å². The Morgan fingerprint density at radius 3 is 3.05 bits per heavy atom. The predicted octanol–water partition coefficient (Wildman–Crippen LogP) is 0.882. The maximum Gasteiger partial charge on any atom is 0.306 e. The molecule has 6 heteroatoms. The highest BCUT2D eigenvalue weighted by atomic mass is 16.4. The molecular weight excluding hydrogens is 244 g/mol. The Morgan fingerprint density at radius 2 is 2.37 bits per heavy atom. The van der Waals surface area contributed by atoms with Crippen LogP contribution < -0.4 is 0 Å². The van der Waals surface area contributed by atoms with Gasteiger partial charge >= 0.3 is 5.97 Å². The van der Waals surface area contributed by atoms with Gasteiger partial charge in [0.25, 0.3) is 0 Å². The second kappa shape index (κ2) is 4.62. The van der Waals surface area contributed by atoms with Crippen LogP contribution in [0.3, 0.4) is 0 Å². The van der Waals surface area contributed by atoms with E-state index >= 15 is 0 Å². The molecule has 0 aliphatic carbocycles. The van der Waals surface area contributed by atoms with E-state index in [1.54, 1.807) is 13.1 Å². The van der Waals surface area contributed by atoms with Gasteiger partial charge in [-0.25, -0.2) is 9.97 Å². The van der Waals surface area contributed by atoms with E-state index in [4.69, 9.17) is 5.11 Å². The number of fused-ring (bicyclic) bond motifs is 1. The van der Waals surface area contributed by atoms with Crippen molar-refractivity contribution in [1.29, 1.82) is 0 Å². The van der Waals surface area contributed by atoms with Gasteiger partial charge in [-0.15, -0.1) is 0 Å². The number of aromatic nitrogens is 3. The van der Waals surface area contributed by atoms with Crippen LogP contribution in [-0.4, -0.2) is 43.4 Å². The number of carboxylic acid groups (broad SMARTS) is 1. The number of carbonyl (C=O) groups is 1. The first-order valence-electron chi connectivity index (χ1n) is 6.37. The van der Waals surface area contributed by atoms with E-state index in [0.717, 1.165) is 25.3 Å². The molecule has 1 fully saturated rings. The molecule has 0 amide bonds. The summed E-state index contributed by atoms with van der Waals surface area (Å²) in [6, 6.07) is 1.87. The molecule has 6 nitrogen and oxygen atoms in total. The minimum Gasteiger partial charge on any atom is -0.481 e. The summed E-state index contributed by atoms with van der Waals surface area (Å²) in [5, 5.41) is 8.95. The Kier molecular flexibility index (Phi) is 2.94. The number of nitrogens with zero attached hydrogens (tertiary/aromatic N) is 4. The van der Waals surface area contributed by atoms with Crippen molar-refractivity contribution in [3.8, 4) is 0 Å². The molecule has 1 aliphatic heterocycles. The van der Waals surface area contributed by atoms with Gasteiger partial charge in [-0.05, 0) is 12.0 Å². The Labute approximate surface area is 110 Å². The predicted molar refractivity (Wildman–Crippen MR) is 68.6 cm³/mol. The molecule has 1 N–H and O–H groups in total. The van der Waals surface area contributed by atoms with Crippen LogP contribution in [0.5, 0.6) is 0 Å². The molecule has 3 heterocycles. The van der Waals surface area contributed by atoms with Crippen molar-refractivity contribution in [2.75, 3.05) is 13.1 Å². The molecule has 0 saturated carbocycles. The molecular formula is C13H16N4O2. The van der Waals surface area contributed by atoms with E-state index in [1.807, 2.05) is 22.9 Å². The van der Waals surface area contributed by atoms with Crippen molar-refractivity contribution < 1.29 is 9.90 Å². The van der Waals surface area contributed by atoms with E-state index < -0.39 is 5.97 Å². The number of rotatable bonds is 4. The maximum atomic E-state index is 10.9. The van der Waals surface area contributed by atoms with E-state index in [1.165, 1.54) is 0 Å². The zero-order valence-electron chi connectivity index (χ0n) is 10.7. The van der Waals surface area contributed by atoms with Crippen molar-refractivity contribution in [1.82, 2.24) is 19.3 Å². The number of hydrogen-bond acceptors (Lipinski definition) is 4. The summed E-state index contributed by atoms with van der Waals surface area (Å²) in [5.74, 6) is -0.0123. The zero-order chi connectivity index (χ0) is 13.4. The molecule has 1 unspecified atom stereocenters. The number of hydrogen-bond donors (Lipinski definition) is 1. The van der Waals surface area contributed by atoms with Gasteiger partial charge in [-0.1, -0.05) is 6.92 Å². The number of imidazole rings is 1. The highest BCUT2D eigenvalue weighted by molar-refractivity contribution is 5.70. The number of aliphatic carboxylic acids is 1. The Hall–Kier alpha value is -1.95. The topological polar surface area (TPSA) is 70.7 Å². The van der Waals surface area contributed by atoms with E-state index in [9.17, 15) is 4.79 Å². The van der Waals surface area contributed by atoms with Crippen LogP contribution in [0.4, 0.5) is 0 Å². The standard InChI is InChI=1S/C13H16N4O2/c1-9(12(18)19)10-5-16(6-10)7-11-8-17-4-2-3-14-13(17)15-11/h2-4,8-10H,5-7H2,1H3,(H,18,19). The fourth-order valence-electron chi connectivity index (χ4n) is 2.44. The maximum absolute atomic E-state index is 10.9. The van der Waals surface area contributed by atoms with Gasteiger partial charge < -0.3 is 5.11 Å². The molecule has 1 aliphatic rings. The van der Waals surface area contributed by atoms with E-state index in [-0.39, 0.29) is 11.8 Å². The molecule has 0 bridgehead atoms. The van der Waals surface area contributed by atoms with Crippen molar-refractivity contribution in [2.24, 2.45) is 11.8 Å². The normalized spacial score (nSPS) is 18.4. The minimum atomic E-state index is -0.707. The fraction of sp³-hybridized carbons (Fsp3) is 0.462. The van der Waals surface area contributed by atoms with Crippen molar-refractivity contribution in [3.05, 3.63) is 30.4 Å². The Morgan fingerprint density at radius 1 is 1.58 bits per heavy atom. The first-order chi connectivity index (χ1) is 9.13. The zero-order valence-corrected chi connectivity index (χ0v) is 10.7. The van der Waals surface area contributed by atoms with Crippen LogP contribution in [0.15, 0.2) is 24.7 Å². The monoisotopic (exact) mass is 260 g/mol. The quantitative estimate of drug-likeness (QED) is 0.883. The Bertz CT molecular complexity index is 570. The summed E-state index contributed by atoms with van der Waals surface area (Å²) in [7, 11) is 0. The van der Waals surface area contributed by atoms with Crippen LogP contribution >= 0.6 is 0 Å². The van der Waals surface area contributed by atoms with Crippen molar-refractivity contribution >= 4 is 11.7 Å². The number of likely N-dealkylation sites (tertiary alicyclic amines) is 1. The largest absolute Gasteiger partial charge is 0.481 e. The third kappa shape index (κ3) is 2.31. The van der Waals surface area contributed by atoms with Crippen LogP contribution in [0, 0.1) is 11.8 Å². The van der Waals surface area contributed by atoms with Crippen LogP contribution in [0.25, 0.3) is 5.78 Å². The SMILES string of the molecule is CC(C(=O)O)C1CN(Cc2cn3cccnc3n2)C1. The molecule has 2 aromatic heterocycles. The van der Waals surface area contributed by atoms with Gasteiger partial charge in [0.15, 0.2) is 0 Å². The molecule has 100 valence electrons. The third-order valence-electron chi connectivity index (χ3n) is 3.75. The van der Waals surface area contributed by atoms with Gasteiger partial charge in [-0.3, -0.25) is 14.1 Å².